The van der Waals surface area contributed by atoms with E-state index in [-0.39, 0.29) is 5.91 Å². The quantitative estimate of drug-likeness (QED) is 0.278. The van der Waals surface area contributed by atoms with Crippen molar-refractivity contribution < 1.29 is 14.3 Å². The van der Waals surface area contributed by atoms with E-state index in [1.807, 2.05) is 17.0 Å². The zero-order valence-electron chi connectivity index (χ0n) is 24.8. The molecule has 230 valence electrons. The van der Waals surface area contributed by atoms with E-state index in [0.29, 0.717) is 64.2 Å². The number of nitrogens with zero attached hydrogens (tertiary/aromatic N) is 5. The Labute approximate surface area is 272 Å². The van der Waals surface area contributed by atoms with E-state index in [0.717, 1.165) is 47.5 Å². The Morgan fingerprint density at radius 1 is 0.932 bits per heavy atom. The summed E-state index contributed by atoms with van der Waals surface area (Å²) >= 11 is 16.4. The molecule has 2 aromatic heterocycles. The van der Waals surface area contributed by atoms with E-state index >= 15 is 0 Å². The topological polar surface area (TPSA) is 107 Å². The number of benzene rings is 2. The molecule has 1 fully saturated rings. The number of primary amides is 1. The molecule has 6 rings (SSSR count). The van der Waals surface area contributed by atoms with Crippen LogP contribution in [0.25, 0.3) is 28.1 Å². The van der Waals surface area contributed by atoms with Crippen molar-refractivity contribution in [2.24, 2.45) is 5.73 Å². The van der Waals surface area contributed by atoms with Crippen molar-refractivity contribution in [3.05, 3.63) is 81.2 Å². The Morgan fingerprint density at radius 2 is 1.68 bits per heavy atom. The predicted octanol–water partition coefficient (Wildman–Crippen LogP) is 5.44. The van der Waals surface area contributed by atoms with Crippen LogP contribution in [0.3, 0.4) is 0 Å². The van der Waals surface area contributed by atoms with Gasteiger partial charge in [-0.2, -0.15) is 17.7 Å². The zero-order chi connectivity index (χ0) is 31.5. The van der Waals surface area contributed by atoms with Gasteiger partial charge in [-0.25, -0.2) is 4.68 Å². The number of carbonyl (C=O) groups excluding carboxylic acids is 2. The highest BCUT2D eigenvalue weighted by atomic mass is 35.5. The highest BCUT2D eigenvalue weighted by Crippen LogP contribution is 2.43. The van der Waals surface area contributed by atoms with E-state index < -0.39 is 5.91 Å². The van der Waals surface area contributed by atoms with Crippen LogP contribution < -0.4 is 10.5 Å². The van der Waals surface area contributed by atoms with Crippen LogP contribution in [-0.2, 0) is 12.8 Å². The van der Waals surface area contributed by atoms with Gasteiger partial charge in [-0.15, -0.1) is 0 Å². The lowest BCUT2D eigenvalue weighted by atomic mass is 9.86. The Morgan fingerprint density at radius 3 is 2.39 bits per heavy atom. The van der Waals surface area contributed by atoms with Gasteiger partial charge in [0.1, 0.15) is 5.75 Å². The average molecular weight is 654 g/mol. The normalized spacial score (nSPS) is 14.5. The number of hydrogen-bond acceptors (Lipinski definition) is 7. The highest BCUT2D eigenvalue weighted by Gasteiger charge is 2.32. The van der Waals surface area contributed by atoms with Gasteiger partial charge in [0.15, 0.2) is 5.69 Å². The van der Waals surface area contributed by atoms with Gasteiger partial charge < -0.3 is 20.3 Å². The van der Waals surface area contributed by atoms with Crippen LogP contribution in [0.4, 0.5) is 0 Å². The second kappa shape index (κ2) is 13.6. The Bertz CT molecular complexity index is 1710. The first-order chi connectivity index (χ1) is 21.2. The van der Waals surface area contributed by atoms with Gasteiger partial charge in [-0.1, -0.05) is 23.2 Å². The van der Waals surface area contributed by atoms with Gasteiger partial charge in [0.2, 0.25) is 5.91 Å². The number of hydrogen-bond donors (Lipinski definition) is 2. The summed E-state index contributed by atoms with van der Waals surface area (Å²) in [6.07, 6.45) is 7.03. The number of nitrogens with two attached hydrogens (primary N) is 1. The van der Waals surface area contributed by atoms with Gasteiger partial charge in [-0.05, 0) is 81.1 Å². The number of aromatic nitrogens is 3. The second-order valence-corrected chi connectivity index (χ2v) is 11.6. The summed E-state index contributed by atoms with van der Waals surface area (Å²) < 4.78 is 7.55. The zero-order valence-corrected chi connectivity index (χ0v) is 27.2. The summed E-state index contributed by atoms with van der Waals surface area (Å²) in [5.41, 5.74) is 12.0. The van der Waals surface area contributed by atoms with Crippen LogP contribution in [0, 0.1) is 0 Å². The third-order valence-corrected chi connectivity index (χ3v) is 8.38. The molecule has 12 heteroatoms. The number of methoxy groups -OCH3 is 1. The van der Waals surface area contributed by atoms with Crippen molar-refractivity contribution in [2.45, 2.75) is 19.3 Å². The molecule has 9 nitrogen and oxygen atoms in total. The number of thiol groups is 1. The molecule has 2 aliphatic rings. The minimum atomic E-state index is -0.567. The molecule has 1 saturated heterocycles. The molecular formula is C32H34Cl2N6O3S. The summed E-state index contributed by atoms with van der Waals surface area (Å²) in [6.45, 7) is 3.07. The molecule has 0 atom stereocenters. The number of likely N-dealkylation sites (N-methyl/N-ethyl adjacent to an activating group) is 1. The molecule has 1 aliphatic carbocycles. The third-order valence-electron chi connectivity index (χ3n) is 7.94. The molecule has 44 heavy (non-hydrogen) atoms. The summed E-state index contributed by atoms with van der Waals surface area (Å²) in [5.74, 6) is -0.00576. The fourth-order valence-electron chi connectivity index (χ4n) is 5.81. The number of pyridine rings is 1. The maximum absolute atomic E-state index is 14.0. The maximum atomic E-state index is 14.0. The molecule has 4 aromatic rings. The van der Waals surface area contributed by atoms with E-state index in [2.05, 4.69) is 29.6 Å². The molecule has 0 bridgehead atoms. The first-order valence-electron chi connectivity index (χ1n) is 14.2. The van der Waals surface area contributed by atoms with E-state index in [9.17, 15) is 9.59 Å². The number of ether oxygens (including phenoxy) is 1. The van der Waals surface area contributed by atoms with Gasteiger partial charge in [0, 0.05) is 64.3 Å². The van der Waals surface area contributed by atoms with E-state index in [1.54, 1.807) is 48.5 Å². The molecule has 1 aliphatic heterocycles. The minimum Gasteiger partial charge on any atom is -0.496 e. The van der Waals surface area contributed by atoms with Gasteiger partial charge in [0.05, 0.1) is 24.1 Å². The van der Waals surface area contributed by atoms with Crippen LogP contribution in [0.1, 0.15) is 38.4 Å². The number of carbonyl (C=O) groups is 2. The Kier molecular flexibility index (Phi) is 9.84. The maximum Gasteiger partial charge on any atom is 0.274 e. The molecule has 0 spiro atoms. The summed E-state index contributed by atoms with van der Waals surface area (Å²) in [5, 5.41) is 5.87. The molecule has 0 saturated carbocycles. The van der Waals surface area contributed by atoms with Crippen LogP contribution in [0.5, 0.6) is 5.75 Å². The average Bonchev–Trinajstić information content (AvgIpc) is 3.29. The van der Waals surface area contributed by atoms with E-state index in [4.69, 9.17) is 38.8 Å². The molecule has 2 amide bonds. The smallest absolute Gasteiger partial charge is 0.274 e. The van der Waals surface area contributed by atoms with Gasteiger partial charge in [-0.3, -0.25) is 14.6 Å². The minimum absolute atomic E-state index is 0.0797. The lowest BCUT2D eigenvalue weighted by Gasteiger charge is -2.23. The van der Waals surface area contributed by atoms with Gasteiger partial charge >= 0.3 is 0 Å². The number of aryl methyl sites for hydroxylation is 1. The summed E-state index contributed by atoms with van der Waals surface area (Å²) in [6, 6.07) is 10.9. The third kappa shape index (κ3) is 6.30. The Balaban J connectivity index is 0.00000188. The van der Waals surface area contributed by atoms with Crippen LogP contribution in [-0.4, -0.2) is 83.0 Å². The molecule has 0 unspecified atom stereocenters. The molecule has 2 aromatic carbocycles. The second-order valence-electron chi connectivity index (χ2n) is 10.7. The fraction of sp³-hybridized carbons (Fsp3) is 0.312. The Hall–Kier alpha value is -3.57. The first-order valence-corrected chi connectivity index (χ1v) is 15.9. The lowest BCUT2D eigenvalue weighted by molar-refractivity contribution is 0.0755. The summed E-state index contributed by atoms with van der Waals surface area (Å²) in [7, 11) is 3.68. The first kappa shape index (κ1) is 31.8. The van der Waals surface area contributed by atoms with Crippen molar-refractivity contribution in [2.75, 3.05) is 46.6 Å². The standard InChI is InChI=1S/C31H30Cl2N6O3.CH4S/c1-37-6-3-7-38(9-8-37)31(41)28-24-5-4-18-11-27(42-2)25(19-10-20(30(34)40)17-35-16-19)15-26(18)29(24)39(36-28)23-13-21(32)12-22(33)14-23;1-2/h10-17H,3-9H2,1-2H3,(H2,34,40);2H,1H3. The number of amides is 2. The van der Waals surface area contributed by atoms with Crippen molar-refractivity contribution in [3.63, 3.8) is 0 Å². The molecule has 2 N–H and O–H groups in total. The highest BCUT2D eigenvalue weighted by molar-refractivity contribution is 7.79. The van der Waals surface area contributed by atoms with Crippen molar-refractivity contribution in [3.8, 4) is 33.8 Å². The van der Waals surface area contributed by atoms with Crippen LogP contribution in [0.15, 0.2) is 48.8 Å². The largest absolute Gasteiger partial charge is 0.496 e. The van der Waals surface area contributed by atoms with Crippen molar-refractivity contribution in [1.29, 1.82) is 0 Å². The van der Waals surface area contributed by atoms with Crippen molar-refractivity contribution >= 4 is 47.6 Å². The SMILES string of the molecule is COc1cc2c(cc1-c1cncc(C(N)=O)c1)-c1c(c(C(=O)N3CCCN(C)CC3)nn1-c1cc(Cl)cc(Cl)c1)CC2.CS. The van der Waals surface area contributed by atoms with Crippen molar-refractivity contribution in [1.82, 2.24) is 24.6 Å². The molecular weight excluding hydrogens is 619 g/mol. The van der Waals surface area contributed by atoms with Gasteiger partial charge in [0.25, 0.3) is 5.91 Å². The predicted molar refractivity (Wildman–Crippen MR) is 178 cm³/mol. The van der Waals surface area contributed by atoms with Crippen LogP contribution in [0.2, 0.25) is 10.0 Å². The number of halogens is 2. The fourth-order valence-corrected chi connectivity index (χ4v) is 6.32. The molecule has 0 radical (unpaired) electrons. The number of fused-ring (bicyclic) bond motifs is 3. The number of rotatable bonds is 5. The monoisotopic (exact) mass is 652 g/mol. The lowest BCUT2D eigenvalue weighted by Crippen LogP contribution is -2.35. The summed E-state index contributed by atoms with van der Waals surface area (Å²) in [4.78, 5) is 34.3. The molecule has 3 heterocycles. The van der Waals surface area contributed by atoms with E-state index in [1.165, 1.54) is 6.20 Å². The van der Waals surface area contributed by atoms with Crippen LogP contribution >= 0.6 is 35.8 Å².